The van der Waals surface area contributed by atoms with Crippen molar-refractivity contribution < 1.29 is 19.8 Å². The number of imidazole rings is 1. The van der Waals surface area contributed by atoms with Crippen LogP contribution < -0.4 is 10.2 Å². The number of carboxylic acids is 1. The number of aromatic hydroxyl groups is 1. The van der Waals surface area contributed by atoms with E-state index < -0.39 is 18.4 Å². The Bertz CT molecular complexity index is 1440. The van der Waals surface area contributed by atoms with Gasteiger partial charge in [0.25, 0.3) is 5.91 Å². The fraction of sp³-hybridized carbons (Fsp3) is 0.296. The number of anilines is 1. The maximum Gasteiger partial charge on any atom is 0.322 e. The topological polar surface area (TPSA) is 133 Å². The number of aromatic nitrogens is 4. The average Bonchev–Trinajstić information content (AvgIpc) is 3.34. The number of aliphatic carboxylic acids is 1. The van der Waals surface area contributed by atoms with Crippen molar-refractivity contribution in [2.24, 2.45) is 5.92 Å². The van der Waals surface area contributed by atoms with E-state index in [-0.39, 0.29) is 11.4 Å². The highest BCUT2D eigenvalue weighted by Gasteiger charge is 2.23. The van der Waals surface area contributed by atoms with Crippen LogP contribution >= 0.6 is 0 Å². The summed E-state index contributed by atoms with van der Waals surface area (Å²) in [5.74, 6) is -1.41. The van der Waals surface area contributed by atoms with Crippen molar-refractivity contribution in [2.75, 3.05) is 24.5 Å². The van der Waals surface area contributed by atoms with E-state index in [1.54, 1.807) is 6.92 Å². The number of pyridine rings is 1. The summed E-state index contributed by atoms with van der Waals surface area (Å²) in [4.78, 5) is 38.5. The molecule has 0 unspecified atom stereocenters. The Kier molecular flexibility index (Phi) is 6.72. The van der Waals surface area contributed by atoms with Crippen LogP contribution in [0.3, 0.4) is 0 Å². The minimum atomic E-state index is -1.17. The zero-order valence-corrected chi connectivity index (χ0v) is 20.5. The van der Waals surface area contributed by atoms with Gasteiger partial charge in [0.2, 0.25) is 0 Å². The minimum absolute atomic E-state index is 0.188. The molecule has 5 rings (SSSR count). The van der Waals surface area contributed by atoms with Gasteiger partial charge in [-0.15, -0.1) is 0 Å². The number of fused-ring (bicyclic) bond motifs is 1. The molecule has 1 aliphatic heterocycles. The summed E-state index contributed by atoms with van der Waals surface area (Å²) < 4.78 is 2.08. The predicted molar refractivity (Wildman–Crippen MR) is 138 cm³/mol. The summed E-state index contributed by atoms with van der Waals surface area (Å²) in [6.45, 7) is 2.84. The second-order valence-electron chi connectivity index (χ2n) is 9.25. The van der Waals surface area contributed by atoms with Crippen LogP contribution in [0.15, 0.2) is 54.9 Å². The molecular weight excluding hydrogens is 472 g/mol. The van der Waals surface area contributed by atoms with Crippen LogP contribution in [-0.2, 0) is 11.2 Å². The Labute approximate surface area is 213 Å². The fourth-order valence-electron chi connectivity index (χ4n) is 4.76. The number of carboxylic acid groups (broad SMARTS) is 1. The van der Waals surface area contributed by atoms with Gasteiger partial charge in [0, 0.05) is 37.0 Å². The van der Waals surface area contributed by atoms with E-state index in [0.717, 1.165) is 42.8 Å². The Hall–Kier alpha value is -4.47. The highest BCUT2D eigenvalue weighted by molar-refractivity contribution is 5.96. The highest BCUT2D eigenvalue weighted by Crippen LogP contribution is 2.29. The van der Waals surface area contributed by atoms with Gasteiger partial charge in [0.05, 0.1) is 17.6 Å². The number of aryl methyl sites for hydroxylation is 1. The monoisotopic (exact) mass is 500 g/mol. The molecule has 37 heavy (non-hydrogen) atoms. The number of amides is 1. The number of carbonyl (C=O) groups is 2. The average molecular weight is 501 g/mol. The number of benzene rings is 1. The number of piperidine rings is 1. The Balaban J connectivity index is 1.21. The quantitative estimate of drug-likeness (QED) is 0.353. The van der Waals surface area contributed by atoms with Crippen LogP contribution in [0.5, 0.6) is 5.75 Å². The van der Waals surface area contributed by atoms with Crippen molar-refractivity contribution in [2.45, 2.75) is 26.2 Å². The van der Waals surface area contributed by atoms with Gasteiger partial charge >= 0.3 is 5.97 Å². The molecule has 4 heterocycles. The maximum atomic E-state index is 12.3. The first-order valence-electron chi connectivity index (χ1n) is 12.2. The lowest BCUT2D eigenvalue weighted by Crippen LogP contribution is -2.34. The van der Waals surface area contributed by atoms with Gasteiger partial charge < -0.3 is 20.4 Å². The van der Waals surface area contributed by atoms with Crippen molar-refractivity contribution in [3.8, 4) is 17.0 Å². The van der Waals surface area contributed by atoms with E-state index >= 15 is 0 Å². The largest absolute Gasteiger partial charge is 0.504 e. The minimum Gasteiger partial charge on any atom is -0.504 e. The molecule has 0 spiro atoms. The van der Waals surface area contributed by atoms with Crippen LogP contribution in [0.1, 0.15) is 34.8 Å². The lowest BCUT2D eigenvalue weighted by Gasteiger charge is -2.33. The van der Waals surface area contributed by atoms with Crippen molar-refractivity contribution in [3.63, 3.8) is 0 Å². The molecule has 1 aliphatic rings. The maximum absolute atomic E-state index is 12.3. The molecular formula is C27H28N6O4. The van der Waals surface area contributed by atoms with Crippen LogP contribution in [-0.4, -0.2) is 61.1 Å². The molecule has 1 amide bonds. The van der Waals surface area contributed by atoms with Gasteiger partial charge in [0.15, 0.2) is 11.4 Å². The molecule has 1 saturated heterocycles. The number of nitrogens with one attached hydrogen (secondary N) is 1. The van der Waals surface area contributed by atoms with Gasteiger partial charge in [-0.05, 0) is 49.9 Å². The SMILES string of the molecule is Cc1nc(CC2CCN(c3ccc(-c4cnc5ccccn45)cc3)CC2)nc(C(=O)NCC(=O)O)c1O. The fourth-order valence-corrected chi connectivity index (χ4v) is 4.76. The van der Waals surface area contributed by atoms with Gasteiger partial charge in [-0.3, -0.25) is 14.0 Å². The Morgan fingerprint density at radius 3 is 2.57 bits per heavy atom. The second kappa shape index (κ2) is 10.3. The number of rotatable bonds is 7. The van der Waals surface area contributed by atoms with Crippen molar-refractivity contribution in [1.29, 1.82) is 0 Å². The Morgan fingerprint density at radius 2 is 1.84 bits per heavy atom. The molecule has 1 fully saturated rings. The number of hydrogen-bond acceptors (Lipinski definition) is 7. The molecule has 0 saturated carbocycles. The summed E-state index contributed by atoms with van der Waals surface area (Å²) in [5.41, 5.74) is 4.37. The summed E-state index contributed by atoms with van der Waals surface area (Å²) in [5, 5.41) is 21.2. The molecule has 4 aromatic rings. The van der Waals surface area contributed by atoms with E-state index in [1.165, 1.54) is 5.69 Å². The molecule has 3 N–H and O–H groups in total. The van der Waals surface area contributed by atoms with Gasteiger partial charge in [-0.2, -0.15) is 0 Å². The van der Waals surface area contributed by atoms with Crippen molar-refractivity contribution in [3.05, 3.63) is 72.1 Å². The third-order valence-corrected chi connectivity index (χ3v) is 6.75. The van der Waals surface area contributed by atoms with E-state index in [4.69, 9.17) is 5.11 Å². The van der Waals surface area contributed by atoms with E-state index in [0.29, 0.717) is 23.9 Å². The summed E-state index contributed by atoms with van der Waals surface area (Å²) in [6.07, 6.45) is 6.38. The zero-order valence-electron chi connectivity index (χ0n) is 20.5. The van der Waals surface area contributed by atoms with Crippen LogP contribution in [0.2, 0.25) is 0 Å². The summed E-state index contributed by atoms with van der Waals surface area (Å²) in [6, 6.07) is 14.5. The summed E-state index contributed by atoms with van der Waals surface area (Å²) >= 11 is 0. The smallest absolute Gasteiger partial charge is 0.322 e. The van der Waals surface area contributed by atoms with Gasteiger partial charge in [0.1, 0.15) is 18.0 Å². The number of hydrogen-bond donors (Lipinski definition) is 3. The zero-order chi connectivity index (χ0) is 25.9. The van der Waals surface area contributed by atoms with Crippen molar-refractivity contribution in [1.82, 2.24) is 24.7 Å². The van der Waals surface area contributed by atoms with Crippen LogP contribution in [0.4, 0.5) is 5.69 Å². The van der Waals surface area contributed by atoms with E-state index in [2.05, 4.69) is 53.8 Å². The molecule has 0 atom stereocenters. The second-order valence-corrected chi connectivity index (χ2v) is 9.25. The molecule has 3 aromatic heterocycles. The standard InChI is InChI=1S/C27H28N6O4/c1-17-26(36)25(27(37)29-16-24(34)35)31-22(30-17)14-18-9-12-32(13-10-18)20-7-5-19(6-8-20)21-15-28-23-4-2-3-11-33(21)23/h2-8,11,15,18,36H,9-10,12-14,16H2,1H3,(H,29,37)(H,34,35). The number of nitrogens with zero attached hydrogens (tertiary/aromatic N) is 5. The highest BCUT2D eigenvalue weighted by atomic mass is 16.4. The van der Waals surface area contributed by atoms with Crippen molar-refractivity contribution >= 4 is 23.2 Å². The lowest BCUT2D eigenvalue weighted by atomic mass is 9.92. The first-order valence-corrected chi connectivity index (χ1v) is 12.2. The third-order valence-electron chi connectivity index (χ3n) is 6.75. The van der Waals surface area contributed by atoms with E-state index in [1.807, 2.05) is 30.6 Å². The molecule has 10 heteroatoms. The molecule has 0 aliphatic carbocycles. The third kappa shape index (κ3) is 5.23. The van der Waals surface area contributed by atoms with Gasteiger partial charge in [-0.25, -0.2) is 15.0 Å². The normalized spacial score (nSPS) is 14.1. The Morgan fingerprint density at radius 1 is 1.08 bits per heavy atom. The van der Waals surface area contributed by atoms with Crippen LogP contribution in [0.25, 0.3) is 16.9 Å². The number of carbonyl (C=O) groups excluding carboxylic acids is 1. The van der Waals surface area contributed by atoms with E-state index in [9.17, 15) is 14.7 Å². The lowest BCUT2D eigenvalue weighted by molar-refractivity contribution is -0.135. The predicted octanol–water partition coefficient (Wildman–Crippen LogP) is 3.08. The van der Waals surface area contributed by atoms with Crippen LogP contribution in [0, 0.1) is 12.8 Å². The molecule has 190 valence electrons. The molecule has 0 bridgehead atoms. The molecule has 10 nitrogen and oxygen atoms in total. The molecule has 1 aromatic carbocycles. The van der Waals surface area contributed by atoms with Gasteiger partial charge in [-0.1, -0.05) is 18.2 Å². The first kappa shape index (κ1) is 24.2. The first-order chi connectivity index (χ1) is 17.9. The molecule has 0 radical (unpaired) electrons. The summed E-state index contributed by atoms with van der Waals surface area (Å²) in [7, 11) is 0.